The van der Waals surface area contributed by atoms with E-state index in [1.54, 1.807) is 7.11 Å². The molecule has 4 nitrogen and oxygen atoms in total. The highest BCUT2D eigenvalue weighted by atomic mass is 16.5. The average Bonchev–Trinajstić information content (AvgIpc) is 2.75. The van der Waals surface area contributed by atoms with Gasteiger partial charge in [-0.3, -0.25) is 0 Å². The van der Waals surface area contributed by atoms with Gasteiger partial charge < -0.3 is 9.72 Å². The summed E-state index contributed by atoms with van der Waals surface area (Å²) in [6.45, 7) is 4.00. The zero-order chi connectivity index (χ0) is 12.4. The molecule has 2 rings (SSSR count). The van der Waals surface area contributed by atoms with Crippen LogP contribution in [0, 0.1) is 25.2 Å². The molecule has 1 heterocycles. The summed E-state index contributed by atoms with van der Waals surface area (Å²) in [6.07, 6.45) is 1.52. The molecule has 0 radical (unpaired) electrons. The van der Waals surface area contributed by atoms with E-state index in [2.05, 4.69) is 22.1 Å². The Morgan fingerprint density at radius 1 is 1.35 bits per heavy atom. The van der Waals surface area contributed by atoms with E-state index in [9.17, 15) is 0 Å². The first kappa shape index (κ1) is 11.2. The predicted octanol–water partition coefficient (Wildman–Crippen LogP) is 2.57. The van der Waals surface area contributed by atoms with Crippen molar-refractivity contribution in [2.45, 2.75) is 13.8 Å². The lowest BCUT2D eigenvalue weighted by molar-refractivity contribution is 0.415. The third-order valence-corrected chi connectivity index (χ3v) is 2.66. The summed E-state index contributed by atoms with van der Waals surface area (Å²) in [7, 11) is 1.63. The molecule has 2 aromatic rings. The number of hydrogen-bond acceptors (Lipinski definition) is 3. The summed E-state index contributed by atoms with van der Waals surface area (Å²) in [5, 5.41) is 9.00. The SMILES string of the molecule is COc1cc(C)cc(C)c1-c1[nH]cnc1C#N. The summed E-state index contributed by atoms with van der Waals surface area (Å²) in [5.74, 6) is 0.753. The molecular weight excluding hydrogens is 214 g/mol. The zero-order valence-electron chi connectivity index (χ0n) is 10.0. The van der Waals surface area contributed by atoms with Gasteiger partial charge in [-0.25, -0.2) is 4.98 Å². The highest BCUT2D eigenvalue weighted by Gasteiger charge is 2.15. The van der Waals surface area contributed by atoms with Gasteiger partial charge in [-0.1, -0.05) is 6.07 Å². The van der Waals surface area contributed by atoms with Gasteiger partial charge in [0, 0.05) is 5.56 Å². The summed E-state index contributed by atoms with van der Waals surface area (Å²) in [6, 6.07) is 6.07. The molecule has 1 N–H and O–H groups in total. The van der Waals surface area contributed by atoms with Crippen LogP contribution in [0.3, 0.4) is 0 Å². The maximum atomic E-state index is 9.00. The van der Waals surface area contributed by atoms with Gasteiger partial charge in [-0.05, 0) is 31.0 Å². The number of aromatic nitrogens is 2. The van der Waals surface area contributed by atoms with Crippen LogP contribution in [-0.4, -0.2) is 17.1 Å². The summed E-state index contributed by atoms with van der Waals surface area (Å²) >= 11 is 0. The van der Waals surface area contributed by atoms with E-state index in [0.29, 0.717) is 11.4 Å². The number of nitriles is 1. The van der Waals surface area contributed by atoms with Gasteiger partial charge in [0.05, 0.1) is 19.1 Å². The summed E-state index contributed by atoms with van der Waals surface area (Å²) in [5.41, 5.74) is 4.17. The molecule has 86 valence electrons. The lowest BCUT2D eigenvalue weighted by Gasteiger charge is -2.11. The highest BCUT2D eigenvalue weighted by molar-refractivity contribution is 5.75. The molecule has 1 aromatic carbocycles. The maximum Gasteiger partial charge on any atom is 0.166 e. The van der Waals surface area contributed by atoms with Crippen molar-refractivity contribution in [1.82, 2.24) is 9.97 Å². The Kier molecular flexibility index (Phi) is 2.84. The van der Waals surface area contributed by atoms with Crippen molar-refractivity contribution < 1.29 is 4.74 Å². The van der Waals surface area contributed by atoms with E-state index in [1.165, 1.54) is 6.33 Å². The lowest BCUT2D eigenvalue weighted by atomic mass is 10.0. The van der Waals surface area contributed by atoms with E-state index < -0.39 is 0 Å². The van der Waals surface area contributed by atoms with Gasteiger partial charge in [-0.2, -0.15) is 5.26 Å². The molecule has 0 saturated carbocycles. The standard InChI is InChI=1S/C13H13N3O/c1-8-4-9(2)12(11(5-8)17-3)13-10(6-14)15-7-16-13/h4-5,7H,1-3H3,(H,15,16). The van der Waals surface area contributed by atoms with Crippen molar-refractivity contribution in [1.29, 1.82) is 5.26 Å². The molecule has 0 aliphatic rings. The molecule has 0 aliphatic heterocycles. The van der Waals surface area contributed by atoms with Crippen molar-refractivity contribution in [3.05, 3.63) is 35.3 Å². The largest absolute Gasteiger partial charge is 0.496 e. The fraction of sp³-hybridized carbons (Fsp3) is 0.231. The number of benzene rings is 1. The number of ether oxygens (including phenoxy) is 1. The van der Waals surface area contributed by atoms with Crippen LogP contribution in [0.4, 0.5) is 0 Å². The molecule has 0 amide bonds. The van der Waals surface area contributed by atoms with Crippen molar-refractivity contribution >= 4 is 0 Å². The fourth-order valence-corrected chi connectivity index (χ4v) is 1.98. The molecule has 0 aliphatic carbocycles. The molecule has 1 aromatic heterocycles. The van der Waals surface area contributed by atoms with Gasteiger partial charge in [0.15, 0.2) is 5.69 Å². The number of aryl methyl sites for hydroxylation is 2. The van der Waals surface area contributed by atoms with Crippen molar-refractivity contribution in [2.24, 2.45) is 0 Å². The van der Waals surface area contributed by atoms with Crippen LogP contribution in [0.1, 0.15) is 16.8 Å². The Labute approximate surface area is 99.9 Å². The highest BCUT2D eigenvalue weighted by Crippen LogP contribution is 2.34. The number of hydrogen-bond donors (Lipinski definition) is 1. The van der Waals surface area contributed by atoms with Crippen LogP contribution in [0.2, 0.25) is 0 Å². The molecular formula is C13H13N3O. The minimum Gasteiger partial charge on any atom is -0.496 e. The minimum absolute atomic E-state index is 0.384. The van der Waals surface area contributed by atoms with Gasteiger partial charge in [-0.15, -0.1) is 0 Å². The smallest absolute Gasteiger partial charge is 0.166 e. The van der Waals surface area contributed by atoms with Gasteiger partial charge >= 0.3 is 0 Å². The van der Waals surface area contributed by atoms with Crippen molar-refractivity contribution in [2.75, 3.05) is 7.11 Å². The molecule has 17 heavy (non-hydrogen) atoms. The van der Waals surface area contributed by atoms with Crippen LogP contribution in [0.25, 0.3) is 11.3 Å². The zero-order valence-corrected chi connectivity index (χ0v) is 10.0. The molecule has 0 saturated heterocycles. The first-order valence-corrected chi connectivity index (χ1v) is 5.26. The number of rotatable bonds is 2. The molecule has 0 spiro atoms. The number of nitrogens with one attached hydrogen (secondary N) is 1. The van der Waals surface area contributed by atoms with E-state index in [1.807, 2.05) is 19.9 Å². The Morgan fingerprint density at radius 2 is 2.12 bits per heavy atom. The van der Waals surface area contributed by atoms with Gasteiger partial charge in [0.25, 0.3) is 0 Å². The summed E-state index contributed by atoms with van der Waals surface area (Å²) < 4.78 is 5.37. The predicted molar refractivity (Wildman–Crippen MR) is 64.8 cm³/mol. The summed E-state index contributed by atoms with van der Waals surface area (Å²) in [4.78, 5) is 6.97. The minimum atomic E-state index is 0.384. The first-order valence-electron chi connectivity index (χ1n) is 5.26. The number of nitrogens with zero attached hydrogens (tertiary/aromatic N) is 2. The molecule has 0 bridgehead atoms. The third-order valence-electron chi connectivity index (χ3n) is 2.66. The average molecular weight is 227 g/mol. The van der Waals surface area contributed by atoms with Crippen molar-refractivity contribution in [3.63, 3.8) is 0 Å². The maximum absolute atomic E-state index is 9.00. The van der Waals surface area contributed by atoms with Crippen LogP contribution in [0.15, 0.2) is 18.5 Å². The quantitative estimate of drug-likeness (QED) is 0.857. The second kappa shape index (κ2) is 4.30. The van der Waals surface area contributed by atoms with Crippen molar-refractivity contribution in [3.8, 4) is 23.1 Å². The molecule has 0 unspecified atom stereocenters. The number of imidazole rings is 1. The van der Waals surface area contributed by atoms with Crippen LogP contribution < -0.4 is 4.74 Å². The Balaban J connectivity index is 2.71. The number of H-pyrrole nitrogens is 1. The van der Waals surface area contributed by atoms with Crippen LogP contribution in [0.5, 0.6) is 5.75 Å². The fourth-order valence-electron chi connectivity index (χ4n) is 1.98. The lowest BCUT2D eigenvalue weighted by Crippen LogP contribution is -1.94. The van der Waals surface area contributed by atoms with E-state index in [0.717, 1.165) is 22.4 Å². The number of methoxy groups -OCH3 is 1. The molecule has 0 fully saturated rings. The second-order valence-corrected chi connectivity index (χ2v) is 3.90. The monoisotopic (exact) mass is 227 g/mol. The van der Waals surface area contributed by atoms with Gasteiger partial charge in [0.1, 0.15) is 11.8 Å². The third kappa shape index (κ3) is 1.87. The molecule has 0 atom stereocenters. The Hall–Kier alpha value is -2.28. The van der Waals surface area contributed by atoms with E-state index in [4.69, 9.17) is 10.00 Å². The van der Waals surface area contributed by atoms with Gasteiger partial charge in [0.2, 0.25) is 0 Å². The Bertz CT molecular complexity index is 593. The van der Waals surface area contributed by atoms with Crippen LogP contribution >= 0.6 is 0 Å². The molecule has 4 heteroatoms. The topological polar surface area (TPSA) is 61.7 Å². The first-order chi connectivity index (χ1) is 8.17. The van der Waals surface area contributed by atoms with E-state index in [-0.39, 0.29) is 0 Å². The van der Waals surface area contributed by atoms with Crippen LogP contribution in [-0.2, 0) is 0 Å². The number of aromatic amines is 1. The van der Waals surface area contributed by atoms with E-state index >= 15 is 0 Å². The second-order valence-electron chi connectivity index (χ2n) is 3.90. The normalized spacial score (nSPS) is 10.0. The Morgan fingerprint density at radius 3 is 2.76 bits per heavy atom.